The molecule has 0 spiro atoms. The molecule has 1 heterocycles. The lowest BCUT2D eigenvalue weighted by Gasteiger charge is -2.19. The summed E-state index contributed by atoms with van der Waals surface area (Å²) in [5, 5.41) is 13.9. The highest BCUT2D eigenvalue weighted by Crippen LogP contribution is 2.37. The summed E-state index contributed by atoms with van der Waals surface area (Å²) in [6.45, 7) is 2.08. The molecular formula is C17H16OS. The molecule has 0 saturated carbocycles. The Balaban J connectivity index is 1.98. The van der Waals surface area contributed by atoms with E-state index in [9.17, 15) is 5.11 Å². The van der Waals surface area contributed by atoms with Crippen LogP contribution in [0.1, 0.15) is 30.1 Å². The van der Waals surface area contributed by atoms with E-state index >= 15 is 0 Å². The maximum atomic E-state index is 10.6. The van der Waals surface area contributed by atoms with E-state index in [-0.39, 0.29) is 5.92 Å². The lowest BCUT2D eigenvalue weighted by molar-refractivity contribution is 0.153. The van der Waals surface area contributed by atoms with Crippen LogP contribution in [-0.4, -0.2) is 5.11 Å². The smallest absolute Gasteiger partial charge is 0.0869 e. The van der Waals surface area contributed by atoms with Crippen molar-refractivity contribution in [1.29, 1.82) is 0 Å². The first kappa shape index (κ1) is 12.4. The molecule has 3 aromatic rings. The molecule has 0 aliphatic rings. The van der Waals surface area contributed by atoms with Gasteiger partial charge in [-0.3, -0.25) is 0 Å². The van der Waals surface area contributed by atoms with Crippen LogP contribution in [0, 0.1) is 0 Å². The minimum absolute atomic E-state index is 0.0965. The van der Waals surface area contributed by atoms with E-state index in [1.807, 2.05) is 30.3 Å². The molecule has 19 heavy (non-hydrogen) atoms. The van der Waals surface area contributed by atoms with Crippen LogP contribution in [-0.2, 0) is 0 Å². The second kappa shape index (κ2) is 5.16. The van der Waals surface area contributed by atoms with E-state index in [0.29, 0.717) is 0 Å². The van der Waals surface area contributed by atoms with Crippen LogP contribution >= 0.6 is 11.3 Å². The summed E-state index contributed by atoms with van der Waals surface area (Å²) in [4.78, 5) is 0. The van der Waals surface area contributed by atoms with Crippen molar-refractivity contribution in [2.75, 3.05) is 0 Å². The molecule has 2 atom stereocenters. The van der Waals surface area contributed by atoms with Gasteiger partial charge in [0.15, 0.2) is 0 Å². The number of fused-ring (bicyclic) bond motifs is 1. The minimum atomic E-state index is -0.460. The van der Waals surface area contributed by atoms with Gasteiger partial charge in [-0.2, -0.15) is 0 Å². The first-order valence-corrected chi connectivity index (χ1v) is 7.34. The quantitative estimate of drug-likeness (QED) is 0.727. The van der Waals surface area contributed by atoms with Gasteiger partial charge in [-0.15, -0.1) is 11.3 Å². The van der Waals surface area contributed by atoms with Gasteiger partial charge < -0.3 is 5.11 Å². The highest BCUT2D eigenvalue weighted by molar-refractivity contribution is 7.17. The van der Waals surface area contributed by atoms with E-state index in [2.05, 4.69) is 36.6 Å². The zero-order valence-electron chi connectivity index (χ0n) is 10.8. The molecule has 96 valence electrons. The third-order valence-corrected chi connectivity index (χ3v) is 4.61. The van der Waals surface area contributed by atoms with E-state index < -0.39 is 6.10 Å². The summed E-state index contributed by atoms with van der Waals surface area (Å²) >= 11 is 1.69. The second-order valence-electron chi connectivity index (χ2n) is 4.83. The highest BCUT2D eigenvalue weighted by Gasteiger charge is 2.20. The normalized spacial score (nSPS) is 14.4. The number of aliphatic hydroxyl groups excluding tert-OH is 1. The predicted molar refractivity (Wildman–Crippen MR) is 81.6 cm³/mol. The average Bonchev–Trinajstić information content (AvgIpc) is 2.90. The third-order valence-electron chi connectivity index (χ3n) is 3.63. The molecule has 1 N–H and O–H groups in total. The highest BCUT2D eigenvalue weighted by atomic mass is 32.1. The Morgan fingerprint density at radius 1 is 0.947 bits per heavy atom. The Morgan fingerprint density at radius 3 is 2.42 bits per heavy atom. The average molecular weight is 268 g/mol. The molecular weight excluding hydrogens is 252 g/mol. The van der Waals surface area contributed by atoms with Gasteiger partial charge >= 0.3 is 0 Å². The topological polar surface area (TPSA) is 20.2 Å². The zero-order chi connectivity index (χ0) is 13.2. The fraction of sp³-hybridized carbons (Fsp3) is 0.176. The summed E-state index contributed by atoms with van der Waals surface area (Å²) in [6, 6.07) is 18.4. The lowest BCUT2D eigenvalue weighted by Crippen LogP contribution is -2.06. The Morgan fingerprint density at radius 2 is 1.63 bits per heavy atom. The van der Waals surface area contributed by atoms with E-state index in [4.69, 9.17) is 0 Å². The molecule has 2 heteroatoms. The largest absolute Gasteiger partial charge is 0.388 e. The van der Waals surface area contributed by atoms with Crippen molar-refractivity contribution in [3.05, 3.63) is 71.1 Å². The van der Waals surface area contributed by atoms with Gasteiger partial charge in [0.1, 0.15) is 0 Å². The fourth-order valence-electron chi connectivity index (χ4n) is 2.44. The Hall–Kier alpha value is -1.64. The van der Waals surface area contributed by atoms with Crippen LogP contribution in [0.15, 0.2) is 60.0 Å². The van der Waals surface area contributed by atoms with Crippen molar-refractivity contribution < 1.29 is 5.11 Å². The summed E-state index contributed by atoms with van der Waals surface area (Å²) < 4.78 is 1.23. The summed E-state index contributed by atoms with van der Waals surface area (Å²) in [5.41, 5.74) is 2.21. The molecule has 0 saturated heterocycles. The lowest BCUT2D eigenvalue weighted by atomic mass is 9.91. The van der Waals surface area contributed by atoms with Gasteiger partial charge in [-0.05, 0) is 28.0 Å². The number of benzene rings is 2. The Bertz CT molecular complexity index is 672. The Kier molecular flexibility index (Phi) is 3.36. The molecule has 0 radical (unpaired) electrons. The number of thiophene rings is 1. The van der Waals surface area contributed by atoms with Gasteiger partial charge in [0.25, 0.3) is 0 Å². The van der Waals surface area contributed by atoms with Crippen LogP contribution in [0.5, 0.6) is 0 Å². The van der Waals surface area contributed by atoms with Crippen molar-refractivity contribution in [2.45, 2.75) is 18.9 Å². The first-order valence-electron chi connectivity index (χ1n) is 6.46. The van der Waals surface area contributed by atoms with Gasteiger partial charge in [-0.1, -0.05) is 55.5 Å². The maximum absolute atomic E-state index is 10.6. The number of hydrogen-bond donors (Lipinski definition) is 1. The second-order valence-corrected chi connectivity index (χ2v) is 5.74. The minimum Gasteiger partial charge on any atom is -0.388 e. The molecule has 0 fully saturated rings. The van der Waals surface area contributed by atoms with Crippen molar-refractivity contribution in [1.82, 2.24) is 0 Å². The standard InChI is InChI=1S/C17H16OS/c1-12(13-7-3-2-4-8-13)17(18)15-11-19-16-10-6-5-9-14(15)16/h2-12,17-18H,1H3. The van der Waals surface area contributed by atoms with Crippen LogP contribution in [0.2, 0.25) is 0 Å². The summed E-state index contributed by atoms with van der Waals surface area (Å²) in [7, 11) is 0. The molecule has 2 aromatic carbocycles. The van der Waals surface area contributed by atoms with Crippen LogP contribution in [0.3, 0.4) is 0 Å². The molecule has 1 aromatic heterocycles. The summed E-state index contributed by atoms with van der Waals surface area (Å²) in [6.07, 6.45) is -0.460. The van der Waals surface area contributed by atoms with Crippen LogP contribution in [0.25, 0.3) is 10.1 Å². The van der Waals surface area contributed by atoms with Gasteiger partial charge in [0, 0.05) is 10.6 Å². The fourth-order valence-corrected chi connectivity index (χ4v) is 3.43. The number of hydrogen-bond acceptors (Lipinski definition) is 2. The SMILES string of the molecule is CC(c1ccccc1)C(O)c1csc2ccccc12. The van der Waals surface area contributed by atoms with Gasteiger partial charge in [0.05, 0.1) is 6.10 Å². The predicted octanol–water partition coefficient (Wildman–Crippen LogP) is 4.74. The van der Waals surface area contributed by atoms with E-state index in [1.165, 1.54) is 15.6 Å². The van der Waals surface area contributed by atoms with Crippen molar-refractivity contribution in [3.63, 3.8) is 0 Å². The number of rotatable bonds is 3. The molecule has 2 unspecified atom stereocenters. The van der Waals surface area contributed by atoms with Gasteiger partial charge in [0.2, 0.25) is 0 Å². The van der Waals surface area contributed by atoms with Gasteiger partial charge in [-0.25, -0.2) is 0 Å². The molecule has 3 rings (SSSR count). The van der Waals surface area contributed by atoms with Crippen molar-refractivity contribution in [3.8, 4) is 0 Å². The van der Waals surface area contributed by atoms with Crippen LogP contribution < -0.4 is 0 Å². The maximum Gasteiger partial charge on any atom is 0.0869 e. The molecule has 0 amide bonds. The summed E-state index contributed by atoms with van der Waals surface area (Å²) in [5.74, 6) is 0.0965. The zero-order valence-corrected chi connectivity index (χ0v) is 11.6. The van der Waals surface area contributed by atoms with E-state index in [1.54, 1.807) is 11.3 Å². The van der Waals surface area contributed by atoms with Crippen LogP contribution in [0.4, 0.5) is 0 Å². The third kappa shape index (κ3) is 2.29. The monoisotopic (exact) mass is 268 g/mol. The molecule has 0 aliphatic heterocycles. The molecule has 0 bridgehead atoms. The first-order chi connectivity index (χ1) is 9.27. The molecule has 0 aliphatic carbocycles. The van der Waals surface area contributed by atoms with E-state index in [0.717, 1.165) is 5.56 Å². The van der Waals surface area contributed by atoms with Crippen molar-refractivity contribution in [2.24, 2.45) is 0 Å². The Labute approximate surface area is 117 Å². The molecule has 1 nitrogen and oxygen atoms in total. The number of aliphatic hydroxyl groups is 1. The van der Waals surface area contributed by atoms with Crippen molar-refractivity contribution >= 4 is 21.4 Å².